The van der Waals surface area contributed by atoms with Gasteiger partial charge in [0.25, 0.3) is 0 Å². The molecule has 1 aliphatic heterocycles. The number of rotatable bonds is 4. The minimum atomic E-state index is 0.596. The summed E-state index contributed by atoms with van der Waals surface area (Å²) in [5, 5.41) is 0. The first-order valence-electron chi connectivity index (χ1n) is 12.8. The molecule has 1 aromatic carbocycles. The topological polar surface area (TPSA) is 38.1 Å². The fourth-order valence-corrected chi connectivity index (χ4v) is 3.06. The molecule has 0 radical (unpaired) electrons. The van der Waals surface area contributed by atoms with Crippen LogP contribution in [0.25, 0.3) is 0 Å². The summed E-state index contributed by atoms with van der Waals surface area (Å²) in [4.78, 5) is 12.0. The molecule has 0 saturated carbocycles. The van der Waals surface area contributed by atoms with Crippen molar-refractivity contribution in [3.63, 3.8) is 0 Å². The molecule has 3 nitrogen and oxygen atoms in total. The van der Waals surface area contributed by atoms with E-state index in [1.165, 1.54) is 22.3 Å². The van der Waals surface area contributed by atoms with Crippen LogP contribution in [0.3, 0.4) is 0 Å². The van der Waals surface area contributed by atoms with Crippen LogP contribution in [0.5, 0.6) is 0 Å². The van der Waals surface area contributed by atoms with Gasteiger partial charge in [0.15, 0.2) is 0 Å². The molecule has 0 amide bonds. The summed E-state index contributed by atoms with van der Waals surface area (Å²) in [5.74, 6) is 2.53. The quantitative estimate of drug-likeness (QED) is 0.381. The van der Waals surface area contributed by atoms with Crippen molar-refractivity contribution >= 4 is 6.21 Å². The zero-order valence-corrected chi connectivity index (χ0v) is 23.0. The second-order valence-corrected chi connectivity index (χ2v) is 9.79. The maximum absolute atomic E-state index is 4.07. The fourth-order valence-electron chi connectivity index (χ4n) is 3.06. The smallest absolute Gasteiger partial charge is 0.0576 e. The second-order valence-electron chi connectivity index (χ2n) is 9.79. The Balaban J connectivity index is 0.000000234. The van der Waals surface area contributed by atoms with Crippen LogP contribution in [0.15, 0.2) is 96.0 Å². The molecule has 1 aliphatic rings. The van der Waals surface area contributed by atoms with Crippen molar-refractivity contribution in [3.05, 3.63) is 108 Å². The molecule has 4 rings (SSSR count). The third-order valence-corrected chi connectivity index (χ3v) is 5.53. The normalized spacial score (nSPS) is 11.8. The number of aliphatic imine (C=N–C) groups is 1. The van der Waals surface area contributed by atoms with Crippen molar-refractivity contribution in [2.75, 3.05) is 6.54 Å². The third-order valence-electron chi connectivity index (χ3n) is 5.53. The van der Waals surface area contributed by atoms with Crippen LogP contribution in [-0.2, 0) is 0 Å². The first-order valence-corrected chi connectivity index (χ1v) is 12.8. The highest BCUT2D eigenvalue weighted by Gasteiger charge is 2.01. The maximum atomic E-state index is 4.07. The number of hydrogen-bond acceptors (Lipinski definition) is 3. The van der Waals surface area contributed by atoms with Crippen molar-refractivity contribution in [2.24, 2.45) is 10.9 Å². The van der Waals surface area contributed by atoms with Crippen LogP contribution < -0.4 is 0 Å². The van der Waals surface area contributed by atoms with Gasteiger partial charge in [0.1, 0.15) is 0 Å². The molecular formula is C32H45N3. The summed E-state index contributed by atoms with van der Waals surface area (Å²) in [6.07, 6.45) is 11.5. The standard InChI is InChI=1S/C9H12.2C8H11N.C7H11N/c1-8(2)9-6-4-3-5-7-9;1-7(2)8-3-5-9-6-4-8;1-7(2)8-4-3-5-9-6-8;1-6(2)7-3-4-8-5-7/h3-8H,1-2H3;2*3-7H,1-2H3;3,5-6H,4H2,1-2H3. The molecule has 0 aliphatic carbocycles. The minimum Gasteiger partial charge on any atom is -0.289 e. The Morgan fingerprint density at radius 3 is 1.40 bits per heavy atom. The van der Waals surface area contributed by atoms with Gasteiger partial charge in [-0.05, 0) is 64.1 Å². The lowest BCUT2D eigenvalue weighted by atomic mass is 10.0. The number of benzene rings is 1. The highest BCUT2D eigenvalue weighted by molar-refractivity contribution is 5.81. The molecule has 0 fully saturated rings. The maximum Gasteiger partial charge on any atom is 0.0576 e. The molecule has 3 heteroatoms. The molecule has 188 valence electrons. The van der Waals surface area contributed by atoms with E-state index in [0.29, 0.717) is 23.7 Å². The molecule has 0 bridgehead atoms. The Kier molecular flexibility index (Phi) is 14.9. The van der Waals surface area contributed by atoms with E-state index in [-0.39, 0.29) is 0 Å². The second kappa shape index (κ2) is 17.4. The number of allylic oxidation sites excluding steroid dienone is 1. The van der Waals surface area contributed by atoms with E-state index in [9.17, 15) is 0 Å². The van der Waals surface area contributed by atoms with Crippen molar-refractivity contribution in [3.8, 4) is 0 Å². The van der Waals surface area contributed by atoms with E-state index >= 15 is 0 Å². The molecule has 0 spiro atoms. The monoisotopic (exact) mass is 471 g/mol. The van der Waals surface area contributed by atoms with Gasteiger partial charge in [-0.1, -0.05) is 97.9 Å². The zero-order chi connectivity index (χ0) is 26.1. The first kappa shape index (κ1) is 30.0. The van der Waals surface area contributed by atoms with Gasteiger partial charge in [-0.3, -0.25) is 15.0 Å². The van der Waals surface area contributed by atoms with Crippen molar-refractivity contribution in [1.82, 2.24) is 9.97 Å². The highest BCUT2D eigenvalue weighted by atomic mass is 14.7. The van der Waals surface area contributed by atoms with Gasteiger partial charge in [0.05, 0.1) is 6.54 Å². The molecule has 0 atom stereocenters. The van der Waals surface area contributed by atoms with Gasteiger partial charge < -0.3 is 0 Å². The molecule has 35 heavy (non-hydrogen) atoms. The predicted octanol–water partition coefficient (Wildman–Crippen LogP) is 8.87. The Labute approximate surface area is 214 Å². The summed E-state index contributed by atoms with van der Waals surface area (Å²) >= 11 is 0. The summed E-state index contributed by atoms with van der Waals surface area (Å²) in [5.41, 5.74) is 5.45. The van der Waals surface area contributed by atoms with Crippen LogP contribution in [0.4, 0.5) is 0 Å². The summed E-state index contributed by atoms with van der Waals surface area (Å²) in [6.45, 7) is 18.4. The Morgan fingerprint density at radius 2 is 1.09 bits per heavy atom. The number of pyridine rings is 2. The average Bonchev–Trinajstić information content (AvgIpc) is 3.43. The molecule has 2 aromatic heterocycles. The van der Waals surface area contributed by atoms with Crippen LogP contribution >= 0.6 is 0 Å². The summed E-state index contributed by atoms with van der Waals surface area (Å²) in [7, 11) is 0. The molecular weight excluding hydrogens is 426 g/mol. The molecule has 3 heterocycles. The Hall–Kier alpha value is -3.07. The van der Waals surface area contributed by atoms with Gasteiger partial charge in [-0.15, -0.1) is 0 Å². The lowest BCUT2D eigenvalue weighted by Gasteiger charge is -2.01. The lowest BCUT2D eigenvalue weighted by Crippen LogP contribution is -1.90. The SMILES string of the molecule is CC(C)C1=CCN=C1.CC(C)c1ccccc1.CC(C)c1cccnc1.CC(C)c1ccncc1. The van der Waals surface area contributed by atoms with Gasteiger partial charge in [-0.25, -0.2) is 0 Å². The van der Waals surface area contributed by atoms with E-state index in [1.54, 1.807) is 6.20 Å². The van der Waals surface area contributed by atoms with Crippen LogP contribution in [-0.4, -0.2) is 22.7 Å². The summed E-state index contributed by atoms with van der Waals surface area (Å²) < 4.78 is 0. The fraction of sp³-hybridized carbons (Fsp3) is 0.406. The van der Waals surface area contributed by atoms with E-state index in [2.05, 4.69) is 107 Å². The lowest BCUT2D eigenvalue weighted by molar-refractivity contribution is 0.808. The van der Waals surface area contributed by atoms with Gasteiger partial charge in [-0.2, -0.15) is 0 Å². The minimum absolute atomic E-state index is 0.596. The number of aromatic nitrogens is 2. The van der Waals surface area contributed by atoms with E-state index in [1.807, 2.05) is 49.1 Å². The zero-order valence-electron chi connectivity index (χ0n) is 23.0. The van der Waals surface area contributed by atoms with Gasteiger partial charge in [0.2, 0.25) is 0 Å². The van der Waals surface area contributed by atoms with Crippen molar-refractivity contribution in [1.29, 1.82) is 0 Å². The first-order chi connectivity index (χ1) is 16.7. The Bertz CT molecular complexity index is 854. The molecule has 0 unspecified atom stereocenters. The Morgan fingerprint density at radius 1 is 0.543 bits per heavy atom. The van der Waals surface area contributed by atoms with Crippen molar-refractivity contribution < 1.29 is 0 Å². The van der Waals surface area contributed by atoms with Gasteiger partial charge >= 0.3 is 0 Å². The highest BCUT2D eigenvalue weighted by Crippen LogP contribution is 2.12. The average molecular weight is 472 g/mol. The number of nitrogens with zero attached hydrogens (tertiary/aromatic N) is 3. The van der Waals surface area contributed by atoms with Crippen LogP contribution in [0.2, 0.25) is 0 Å². The molecule has 0 N–H and O–H groups in total. The summed E-state index contributed by atoms with van der Waals surface area (Å²) in [6, 6.07) is 18.7. The molecule has 0 saturated heterocycles. The van der Waals surface area contributed by atoms with E-state index < -0.39 is 0 Å². The van der Waals surface area contributed by atoms with Gasteiger partial charge in [0, 0.05) is 31.0 Å². The van der Waals surface area contributed by atoms with Crippen LogP contribution in [0.1, 0.15) is 89.8 Å². The largest absolute Gasteiger partial charge is 0.289 e. The van der Waals surface area contributed by atoms with Crippen LogP contribution in [0, 0.1) is 5.92 Å². The molecule has 3 aromatic rings. The predicted molar refractivity (Wildman–Crippen MR) is 153 cm³/mol. The van der Waals surface area contributed by atoms with Crippen molar-refractivity contribution in [2.45, 2.75) is 73.1 Å². The number of hydrogen-bond donors (Lipinski definition) is 0. The van der Waals surface area contributed by atoms with E-state index in [4.69, 9.17) is 0 Å². The third kappa shape index (κ3) is 13.4. The van der Waals surface area contributed by atoms with E-state index in [0.717, 1.165) is 6.54 Å².